The number of imidazole rings is 1. The molecule has 4 rings (SSSR count). The van der Waals surface area contributed by atoms with E-state index in [-0.39, 0.29) is 17.8 Å². The Morgan fingerprint density at radius 3 is 2.39 bits per heavy atom. The fraction of sp³-hybridized carbons (Fsp3) is 0.261. The Morgan fingerprint density at radius 1 is 1.08 bits per heavy atom. The molecule has 8 nitrogen and oxygen atoms in total. The van der Waals surface area contributed by atoms with Gasteiger partial charge >= 0.3 is 18.2 Å². The summed E-state index contributed by atoms with van der Waals surface area (Å²) in [6, 6.07) is 9.07. The van der Waals surface area contributed by atoms with Crippen LogP contribution >= 0.6 is 0 Å². The van der Waals surface area contributed by atoms with Gasteiger partial charge in [0.25, 0.3) is 0 Å². The van der Waals surface area contributed by atoms with Crippen molar-refractivity contribution in [1.82, 2.24) is 23.9 Å². The summed E-state index contributed by atoms with van der Waals surface area (Å²) >= 11 is 0. The first-order valence-corrected chi connectivity index (χ1v) is 10.6. The molecule has 0 aliphatic heterocycles. The summed E-state index contributed by atoms with van der Waals surface area (Å²) in [7, 11) is 0. The van der Waals surface area contributed by atoms with Crippen LogP contribution in [0.15, 0.2) is 78.4 Å². The minimum atomic E-state index is -4.67. The molecule has 2 heterocycles. The third kappa shape index (κ3) is 4.73. The van der Waals surface area contributed by atoms with E-state index in [4.69, 9.17) is 0 Å². The van der Waals surface area contributed by atoms with Crippen molar-refractivity contribution in [3.63, 3.8) is 0 Å². The van der Waals surface area contributed by atoms with E-state index in [9.17, 15) is 31.9 Å². The van der Waals surface area contributed by atoms with Crippen molar-refractivity contribution in [2.24, 2.45) is 0 Å². The molecule has 0 saturated carbocycles. The van der Waals surface area contributed by atoms with E-state index >= 15 is 0 Å². The predicted molar refractivity (Wildman–Crippen MR) is 117 cm³/mol. The first-order chi connectivity index (χ1) is 17.0. The van der Waals surface area contributed by atoms with Gasteiger partial charge in [-0.1, -0.05) is 18.2 Å². The number of nitrogens with zero attached hydrogens (tertiary/aromatic N) is 5. The number of rotatable bonds is 9. The van der Waals surface area contributed by atoms with Crippen LogP contribution in [0.3, 0.4) is 0 Å². The van der Waals surface area contributed by atoms with E-state index in [1.54, 1.807) is 6.07 Å². The number of benzene rings is 2. The van der Waals surface area contributed by atoms with Gasteiger partial charge in [-0.3, -0.25) is 9.13 Å². The molecule has 4 aromatic rings. The number of hydrogen-bond acceptors (Lipinski definition) is 5. The molecule has 0 fully saturated rings. The normalized spacial score (nSPS) is 14.6. The fourth-order valence-electron chi connectivity index (χ4n) is 3.80. The number of aliphatic hydroxyl groups is 1. The molecule has 0 amide bonds. The van der Waals surface area contributed by atoms with Crippen molar-refractivity contribution in [2.75, 3.05) is 0 Å². The lowest BCUT2D eigenvalue weighted by atomic mass is 9.86. The molecule has 0 bridgehead atoms. The zero-order valence-electron chi connectivity index (χ0n) is 18.7. The van der Waals surface area contributed by atoms with Gasteiger partial charge in [0.05, 0.1) is 18.3 Å². The highest BCUT2D eigenvalue weighted by Gasteiger charge is 2.44. The van der Waals surface area contributed by atoms with Crippen LogP contribution in [0.4, 0.5) is 22.0 Å². The number of aromatic nitrogens is 5. The zero-order chi connectivity index (χ0) is 26.1. The van der Waals surface area contributed by atoms with Gasteiger partial charge in [0.1, 0.15) is 29.8 Å². The standard InChI is InChI=1S/C23H20F5N5O3/c1-15(22(35,12-31-14-29-13-30-31)18-4-2-3-5-19(18)24)32-10-11-33(21(32)34)16-6-8-17(9-7-16)36-23(27,28)20(25)26/h2-11,13-15,20,35H,12H2,1H3/t15-,22-/m1/s1. The molecule has 1 N–H and O–H groups in total. The van der Waals surface area contributed by atoms with Gasteiger partial charge in [-0.05, 0) is 37.3 Å². The number of alkyl halides is 4. The highest BCUT2D eigenvalue weighted by atomic mass is 19.3. The van der Waals surface area contributed by atoms with Crippen LogP contribution in [0, 0.1) is 5.82 Å². The molecule has 0 radical (unpaired) electrons. The minimum absolute atomic E-state index is 0.0610. The third-order valence-corrected chi connectivity index (χ3v) is 5.74. The molecule has 0 spiro atoms. The first kappa shape index (κ1) is 25.1. The van der Waals surface area contributed by atoms with Crippen LogP contribution in [0.2, 0.25) is 0 Å². The van der Waals surface area contributed by atoms with Gasteiger partial charge in [0, 0.05) is 18.0 Å². The summed E-state index contributed by atoms with van der Waals surface area (Å²) in [4.78, 5) is 17.0. The Morgan fingerprint density at radius 2 is 1.78 bits per heavy atom. The second-order valence-corrected chi connectivity index (χ2v) is 7.99. The molecule has 0 saturated heterocycles. The molecule has 13 heteroatoms. The maximum Gasteiger partial charge on any atom is 0.461 e. The van der Waals surface area contributed by atoms with Crippen LogP contribution < -0.4 is 10.4 Å². The van der Waals surface area contributed by atoms with E-state index in [1.807, 2.05) is 0 Å². The van der Waals surface area contributed by atoms with Crippen LogP contribution in [0.5, 0.6) is 5.75 Å². The maximum atomic E-state index is 14.8. The zero-order valence-corrected chi connectivity index (χ0v) is 18.7. The van der Waals surface area contributed by atoms with Gasteiger partial charge in [0.15, 0.2) is 0 Å². The lowest BCUT2D eigenvalue weighted by Crippen LogP contribution is -2.43. The SMILES string of the molecule is C[C@@H](n1ccn(-c2ccc(OC(F)(F)C(F)F)cc2)c1=O)[C@](O)(Cn1cncn1)c1ccccc1F. The van der Waals surface area contributed by atoms with Crippen LogP contribution in [-0.4, -0.2) is 41.5 Å². The van der Waals surface area contributed by atoms with E-state index in [2.05, 4.69) is 14.8 Å². The van der Waals surface area contributed by atoms with Gasteiger partial charge in [0.2, 0.25) is 0 Å². The Balaban J connectivity index is 1.67. The minimum Gasteiger partial charge on any atom is -0.428 e. The largest absolute Gasteiger partial charge is 0.461 e. The average molecular weight is 509 g/mol. The highest BCUT2D eigenvalue weighted by Crippen LogP contribution is 2.36. The highest BCUT2D eigenvalue weighted by molar-refractivity contribution is 5.37. The van der Waals surface area contributed by atoms with Gasteiger partial charge in [-0.2, -0.15) is 22.7 Å². The quantitative estimate of drug-likeness (QED) is 0.348. The van der Waals surface area contributed by atoms with Crippen molar-refractivity contribution >= 4 is 0 Å². The molecule has 0 unspecified atom stereocenters. The van der Waals surface area contributed by atoms with E-state index in [0.29, 0.717) is 0 Å². The van der Waals surface area contributed by atoms with E-state index < -0.39 is 41.4 Å². The summed E-state index contributed by atoms with van der Waals surface area (Å²) < 4.78 is 73.4. The molecular weight excluding hydrogens is 489 g/mol. The van der Waals surface area contributed by atoms with Gasteiger partial charge in [-0.25, -0.2) is 18.9 Å². The molecule has 0 aliphatic rings. The fourth-order valence-corrected chi connectivity index (χ4v) is 3.80. The van der Waals surface area contributed by atoms with Crippen LogP contribution in [-0.2, 0) is 12.1 Å². The van der Waals surface area contributed by atoms with E-state index in [1.165, 1.54) is 71.6 Å². The van der Waals surface area contributed by atoms with Crippen molar-refractivity contribution in [3.05, 3.63) is 95.4 Å². The summed E-state index contributed by atoms with van der Waals surface area (Å²) in [5, 5.41) is 15.7. The predicted octanol–water partition coefficient (Wildman–Crippen LogP) is 3.76. The Bertz CT molecular complexity index is 1370. The summed E-state index contributed by atoms with van der Waals surface area (Å²) in [6.07, 6.45) is -3.36. The monoisotopic (exact) mass is 509 g/mol. The van der Waals surface area contributed by atoms with Crippen molar-refractivity contribution in [1.29, 1.82) is 0 Å². The van der Waals surface area contributed by atoms with Gasteiger partial charge < -0.3 is 9.84 Å². The molecule has 2 atom stereocenters. The molecule has 2 aromatic heterocycles. The smallest absolute Gasteiger partial charge is 0.428 e. The second kappa shape index (κ2) is 9.57. The number of halogens is 5. The summed E-state index contributed by atoms with van der Waals surface area (Å²) in [5.41, 5.74) is -2.42. The summed E-state index contributed by atoms with van der Waals surface area (Å²) in [5.74, 6) is -1.21. The third-order valence-electron chi connectivity index (χ3n) is 5.74. The molecule has 2 aromatic carbocycles. The Kier molecular flexibility index (Phi) is 6.67. The molecular formula is C23H20F5N5O3. The molecule has 0 aliphatic carbocycles. The van der Waals surface area contributed by atoms with Crippen molar-refractivity contribution in [2.45, 2.75) is 37.6 Å². The maximum absolute atomic E-state index is 14.8. The molecule has 190 valence electrons. The Hall–Kier alpha value is -4.00. The lowest BCUT2D eigenvalue weighted by molar-refractivity contribution is -0.253. The van der Waals surface area contributed by atoms with Crippen LogP contribution in [0.1, 0.15) is 18.5 Å². The van der Waals surface area contributed by atoms with Crippen molar-refractivity contribution < 1.29 is 31.8 Å². The van der Waals surface area contributed by atoms with Crippen LogP contribution in [0.25, 0.3) is 5.69 Å². The van der Waals surface area contributed by atoms with Gasteiger partial charge in [-0.15, -0.1) is 0 Å². The Labute approximate surface area is 200 Å². The van der Waals surface area contributed by atoms with E-state index in [0.717, 1.165) is 16.7 Å². The number of ether oxygens (including phenoxy) is 1. The lowest BCUT2D eigenvalue weighted by Gasteiger charge is -2.35. The number of hydrogen-bond donors (Lipinski definition) is 1. The second-order valence-electron chi connectivity index (χ2n) is 7.99. The first-order valence-electron chi connectivity index (χ1n) is 10.6. The molecule has 36 heavy (non-hydrogen) atoms. The average Bonchev–Trinajstić information content (AvgIpc) is 3.48. The van der Waals surface area contributed by atoms with Crippen molar-refractivity contribution in [3.8, 4) is 11.4 Å². The topological polar surface area (TPSA) is 87.1 Å². The summed E-state index contributed by atoms with van der Waals surface area (Å²) in [6.45, 7) is 1.30.